The lowest BCUT2D eigenvalue weighted by atomic mass is 9.98. The minimum absolute atomic E-state index is 0.0303. The molecule has 6 N–H and O–H groups in total. The summed E-state index contributed by atoms with van der Waals surface area (Å²) in [6.45, 7) is 19.6. The number of amides is 1. The van der Waals surface area contributed by atoms with E-state index >= 15 is 0 Å². The van der Waals surface area contributed by atoms with E-state index in [1.165, 1.54) is 25.0 Å². The molecule has 2 aliphatic heterocycles. The molecule has 1 atom stereocenters. The largest absolute Gasteiger partial charge is 0.508 e. The summed E-state index contributed by atoms with van der Waals surface area (Å²) >= 11 is 0. The normalized spacial score (nSPS) is 15.1. The fourth-order valence-corrected chi connectivity index (χ4v) is 9.81. The van der Waals surface area contributed by atoms with E-state index in [9.17, 15) is 30.0 Å². The maximum absolute atomic E-state index is 14.0. The van der Waals surface area contributed by atoms with Crippen LogP contribution in [0.1, 0.15) is 135 Å². The molecular weight excluding hydrogens is 901 g/mol. The van der Waals surface area contributed by atoms with E-state index in [1.54, 1.807) is 25.9 Å². The van der Waals surface area contributed by atoms with E-state index in [0.717, 1.165) is 56.8 Å². The number of hydrogen-bond acceptors (Lipinski definition) is 13. The summed E-state index contributed by atoms with van der Waals surface area (Å²) in [4.78, 5) is 34.7. The molecule has 8 rings (SSSR count). The number of benzene rings is 4. The fourth-order valence-electron chi connectivity index (χ4n) is 9.81. The zero-order valence-corrected chi connectivity index (χ0v) is 41.9. The number of ketones is 1. The molecule has 4 aromatic carbocycles. The topological polar surface area (TPSA) is 212 Å². The second-order valence-corrected chi connectivity index (χ2v) is 19.5. The van der Waals surface area contributed by atoms with Gasteiger partial charge in [0.25, 0.3) is 0 Å². The van der Waals surface area contributed by atoms with Crippen molar-refractivity contribution in [1.82, 2.24) is 39.2 Å². The number of unbranched alkanes of at least 4 members (excludes halogenated alkanes) is 1. The van der Waals surface area contributed by atoms with Crippen LogP contribution >= 0.6 is 0 Å². The Balaban J connectivity index is 1.13. The Morgan fingerprint density at radius 2 is 1.35 bits per heavy atom. The van der Waals surface area contributed by atoms with Crippen molar-refractivity contribution in [3.05, 3.63) is 107 Å². The van der Waals surface area contributed by atoms with Crippen molar-refractivity contribution < 1.29 is 39.3 Å². The van der Waals surface area contributed by atoms with Gasteiger partial charge in [0.1, 0.15) is 28.7 Å². The summed E-state index contributed by atoms with van der Waals surface area (Å²) in [5.74, 6) is -0.699. The number of morpholine rings is 1. The van der Waals surface area contributed by atoms with Crippen LogP contribution in [-0.2, 0) is 17.8 Å². The molecule has 2 saturated heterocycles. The number of phenols is 4. The highest BCUT2D eigenvalue weighted by Gasteiger charge is 2.38. The summed E-state index contributed by atoms with van der Waals surface area (Å²) in [6.07, 6.45) is 3.77. The summed E-state index contributed by atoms with van der Waals surface area (Å²) < 4.78 is 10.5. The average molecular weight is 970 g/mol. The number of hydrogen-bond donors (Lipinski definition) is 5. The van der Waals surface area contributed by atoms with E-state index in [-0.39, 0.29) is 63.9 Å². The van der Waals surface area contributed by atoms with Gasteiger partial charge in [-0.05, 0) is 129 Å². The third-order valence-corrected chi connectivity index (χ3v) is 13.9. The van der Waals surface area contributed by atoms with Crippen LogP contribution in [0.3, 0.4) is 0 Å². The highest BCUT2D eigenvalue weighted by molar-refractivity contribution is 5.94. The highest BCUT2D eigenvalue weighted by atomic mass is 16.5. The van der Waals surface area contributed by atoms with E-state index in [4.69, 9.17) is 15.6 Å². The molecule has 376 valence electrons. The standard InChI is InChI=1S/C54H68N10O7/c1-7-61(33-38-15-17-39(18-16-38)62-51(43-28-41(34(2)3)46(66)30-48(43)68)56-57-53(62)45(65)12-8-9-21-59-22-10-11-23-59)36(6)64-54(50(55)70)63(40-19-13-37(14-20-40)32-60-24-26-71-27-25-60)52(58-64)44-29-42(35(4)5)47(67)31-49(44)69/h13-20,28-31,34-36H,7-12,21-27,32-33H2,1-6H3,(H5-,55,56,58,65,66,67,68,69,70)/p+1. The fraction of sp³-hybridized carbons (Fsp3) is 0.444. The first-order chi connectivity index (χ1) is 34.1. The Hall–Kier alpha value is -6.66. The number of ether oxygens (including phenoxy) is 1. The van der Waals surface area contributed by atoms with Gasteiger partial charge < -0.3 is 35.8 Å². The van der Waals surface area contributed by atoms with E-state index < -0.39 is 12.1 Å². The van der Waals surface area contributed by atoms with E-state index in [2.05, 4.69) is 24.9 Å². The maximum Gasteiger partial charge on any atom is 0.333 e. The van der Waals surface area contributed by atoms with Crippen LogP contribution in [0.4, 0.5) is 0 Å². The smallest absolute Gasteiger partial charge is 0.333 e. The zero-order chi connectivity index (χ0) is 50.5. The summed E-state index contributed by atoms with van der Waals surface area (Å²) in [6, 6.07) is 21.6. The van der Waals surface area contributed by atoms with Gasteiger partial charge in [-0.1, -0.05) is 63.6 Å². The number of likely N-dealkylation sites (tertiary alicyclic amines) is 1. The molecule has 71 heavy (non-hydrogen) atoms. The Morgan fingerprint density at radius 3 is 1.96 bits per heavy atom. The summed E-state index contributed by atoms with van der Waals surface area (Å²) in [7, 11) is 0. The van der Waals surface area contributed by atoms with Gasteiger partial charge in [-0.2, -0.15) is 4.57 Å². The van der Waals surface area contributed by atoms with Crippen LogP contribution in [0.2, 0.25) is 0 Å². The summed E-state index contributed by atoms with van der Waals surface area (Å²) in [5.41, 5.74) is 11.4. The molecule has 0 bridgehead atoms. The lowest BCUT2D eigenvalue weighted by Crippen LogP contribution is -2.43. The number of carbonyl (C=O) groups excluding carboxylic acids is 2. The number of aromatic hydroxyl groups is 4. The first-order valence-corrected chi connectivity index (χ1v) is 25.0. The van der Waals surface area contributed by atoms with Gasteiger partial charge >= 0.3 is 17.6 Å². The molecule has 1 unspecified atom stereocenters. The average Bonchev–Trinajstić information content (AvgIpc) is 4.13. The monoisotopic (exact) mass is 970 g/mol. The molecule has 17 heteroatoms. The number of rotatable bonds is 20. The van der Waals surface area contributed by atoms with Gasteiger partial charge in [0.2, 0.25) is 11.6 Å². The zero-order valence-electron chi connectivity index (χ0n) is 41.9. The van der Waals surface area contributed by atoms with Gasteiger partial charge in [-0.25, -0.2) is 0 Å². The van der Waals surface area contributed by atoms with E-state index in [1.807, 2.05) is 90.1 Å². The van der Waals surface area contributed by atoms with Gasteiger partial charge in [-0.15, -0.1) is 10.2 Å². The molecule has 0 aliphatic carbocycles. The van der Waals surface area contributed by atoms with Crippen LogP contribution in [0.25, 0.3) is 34.2 Å². The quantitative estimate of drug-likeness (QED) is 0.0284. The highest BCUT2D eigenvalue weighted by Crippen LogP contribution is 2.40. The summed E-state index contributed by atoms with van der Waals surface area (Å²) in [5, 5.41) is 58.1. The Labute approximate surface area is 415 Å². The van der Waals surface area contributed by atoms with Crippen molar-refractivity contribution in [2.45, 2.75) is 105 Å². The first-order valence-electron chi connectivity index (χ1n) is 25.0. The first kappa shape index (κ1) is 50.7. The lowest BCUT2D eigenvalue weighted by Gasteiger charge is -2.26. The number of carbonyl (C=O) groups is 2. The number of nitrogens with zero attached hydrogens (tertiary/aromatic N) is 9. The van der Waals surface area contributed by atoms with Gasteiger partial charge in [0.05, 0.1) is 24.3 Å². The van der Waals surface area contributed by atoms with Crippen molar-refractivity contribution in [2.75, 3.05) is 52.5 Å². The molecular formula is C54H69N10O7+. The number of Topliss-reactive ketones (excluding diaryl/α,β-unsaturated/α-hetero) is 1. The molecule has 0 radical (unpaired) electrons. The SMILES string of the molecule is CCN(Cc1ccc(-n2c(C(=O)CCCCN3CCCC3)nnc2-c2cc(C(C)C)c(O)cc2O)cc1)C(C)n1nc(-c2cc(C(C)C)c(O)cc2O)[n+](-c2ccc(CN3CCOCC3)cc2)c1C(N)=O. The number of phenolic OH excluding ortho intramolecular Hbond substituents is 4. The lowest BCUT2D eigenvalue weighted by molar-refractivity contribution is -0.587. The number of aromatic nitrogens is 6. The van der Waals surface area contributed by atoms with E-state index in [0.29, 0.717) is 72.8 Å². The van der Waals surface area contributed by atoms with Crippen LogP contribution < -0.4 is 10.3 Å². The third-order valence-electron chi connectivity index (χ3n) is 13.9. The Kier molecular flexibility index (Phi) is 15.8. The minimum atomic E-state index is -0.724. The van der Waals surface area contributed by atoms with Crippen molar-refractivity contribution in [3.63, 3.8) is 0 Å². The molecule has 0 spiro atoms. The maximum atomic E-state index is 14.0. The van der Waals surface area contributed by atoms with Gasteiger partial charge in [-0.3, -0.25) is 24.0 Å². The number of nitrogens with two attached hydrogens (primary N) is 1. The molecule has 0 saturated carbocycles. The van der Waals surface area contributed by atoms with Crippen LogP contribution in [0.15, 0.2) is 72.8 Å². The Bertz CT molecular complexity index is 2830. The molecule has 2 fully saturated rings. The second-order valence-electron chi connectivity index (χ2n) is 19.5. The van der Waals surface area contributed by atoms with Gasteiger partial charge in [0.15, 0.2) is 12.0 Å². The van der Waals surface area contributed by atoms with Crippen molar-refractivity contribution in [1.29, 1.82) is 0 Å². The van der Waals surface area contributed by atoms with Gasteiger partial charge in [0, 0.05) is 55.5 Å². The molecule has 2 aliphatic rings. The Morgan fingerprint density at radius 1 is 0.746 bits per heavy atom. The second kappa shape index (κ2) is 22.2. The molecule has 2 aromatic heterocycles. The molecule has 4 heterocycles. The van der Waals surface area contributed by atoms with Crippen LogP contribution in [0, 0.1) is 0 Å². The molecule has 6 aromatic rings. The van der Waals surface area contributed by atoms with Crippen LogP contribution in [0.5, 0.6) is 23.0 Å². The van der Waals surface area contributed by atoms with Crippen molar-refractivity contribution in [3.8, 4) is 57.1 Å². The van der Waals surface area contributed by atoms with Crippen LogP contribution in [-0.4, -0.2) is 124 Å². The van der Waals surface area contributed by atoms with Crippen molar-refractivity contribution in [2.24, 2.45) is 5.73 Å². The molecule has 1 amide bonds. The molecule has 17 nitrogen and oxygen atoms in total. The predicted octanol–water partition coefficient (Wildman–Crippen LogP) is 7.56. The minimum Gasteiger partial charge on any atom is -0.508 e. The predicted molar refractivity (Wildman–Crippen MR) is 270 cm³/mol. The van der Waals surface area contributed by atoms with Crippen molar-refractivity contribution >= 4 is 11.7 Å². The number of primary amides is 1. The third kappa shape index (κ3) is 11.1.